The molecule has 0 fully saturated rings. The molecule has 9 nitrogen and oxygen atoms in total. The molecule has 1 heterocycles. The number of nitrogens with one attached hydrogen (secondary N) is 1. The summed E-state index contributed by atoms with van der Waals surface area (Å²) in [5.74, 6) is -0.632. The molecule has 1 aromatic heterocycles. The maximum atomic E-state index is 11.9. The number of benzene rings is 3. The van der Waals surface area contributed by atoms with Crippen molar-refractivity contribution in [2.45, 2.75) is 6.54 Å². The highest BCUT2D eigenvalue weighted by atomic mass is 16.6. The van der Waals surface area contributed by atoms with Gasteiger partial charge in [0, 0.05) is 34.6 Å². The summed E-state index contributed by atoms with van der Waals surface area (Å²) in [4.78, 5) is 32.8. The van der Waals surface area contributed by atoms with Gasteiger partial charge in [0.15, 0.2) is 5.88 Å². The number of aromatic amines is 1. The first kappa shape index (κ1) is 23.7. The van der Waals surface area contributed by atoms with E-state index in [1.165, 1.54) is 13.2 Å². The minimum absolute atomic E-state index is 0.0294. The van der Waals surface area contributed by atoms with Crippen LogP contribution in [0.5, 0.6) is 5.88 Å². The van der Waals surface area contributed by atoms with Gasteiger partial charge in [0.1, 0.15) is 0 Å². The van der Waals surface area contributed by atoms with Crippen LogP contribution in [0.3, 0.4) is 0 Å². The monoisotopic (exact) mass is 472 g/mol. The lowest BCUT2D eigenvalue weighted by molar-refractivity contribution is -0.385. The highest BCUT2D eigenvalue weighted by molar-refractivity contribution is 6.22. The van der Waals surface area contributed by atoms with Crippen molar-refractivity contribution in [3.63, 3.8) is 0 Å². The van der Waals surface area contributed by atoms with E-state index in [1.807, 2.05) is 49.3 Å². The number of ether oxygens (including phenoxy) is 1. The minimum Gasteiger partial charge on any atom is -0.494 e. The Labute approximate surface area is 201 Å². The second-order valence-corrected chi connectivity index (χ2v) is 8.23. The number of fused-ring (bicyclic) bond motifs is 1. The number of hydrogen-bond donors (Lipinski definition) is 2. The average Bonchev–Trinajstić information content (AvgIpc) is 3.17. The fraction of sp³-hybridized carbons (Fsp3) is 0.154. The maximum Gasteiger partial charge on any atom is 0.337 e. The highest BCUT2D eigenvalue weighted by Gasteiger charge is 2.21. The van der Waals surface area contributed by atoms with Gasteiger partial charge in [-0.1, -0.05) is 36.4 Å². The van der Waals surface area contributed by atoms with Crippen LogP contribution < -0.4 is 0 Å². The van der Waals surface area contributed by atoms with Gasteiger partial charge in [-0.15, -0.1) is 0 Å². The number of carbonyl (C=O) groups is 1. The molecule has 4 rings (SSSR count). The van der Waals surface area contributed by atoms with Crippen molar-refractivity contribution in [3.8, 4) is 5.88 Å². The molecule has 2 N–H and O–H groups in total. The Morgan fingerprint density at radius 3 is 2.49 bits per heavy atom. The van der Waals surface area contributed by atoms with Gasteiger partial charge in [-0.05, 0) is 38.4 Å². The number of rotatable bonds is 7. The van der Waals surface area contributed by atoms with Gasteiger partial charge >= 0.3 is 5.97 Å². The smallest absolute Gasteiger partial charge is 0.337 e. The molecule has 0 aliphatic heterocycles. The van der Waals surface area contributed by atoms with Gasteiger partial charge in [-0.25, -0.2) is 9.79 Å². The van der Waals surface area contributed by atoms with Crippen LogP contribution >= 0.6 is 0 Å². The molecule has 0 amide bonds. The lowest BCUT2D eigenvalue weighted by Crippen LogP contribution is -2.12. The van der Waals surface area contributed by atoms with E-state index in [4.69, 9.17) is 9.73 Å². The number of H-pyrrole nitrogens is 1. The van der Waals surface area contributed by atoms with Crippen molar-refractivity contribution >= 4 is 34.0 Å². The van der Waals surface area contributed by atoms with Crippen molar-refractivity contribution < 1.29 is 19.6 Å². The summed E-state index contributed by atoms with van der Waals surface area (Å²) >= 11 is 0. The molecule has 0 saturated heterocycles. The Balaban J connectivity index is 1.91. The zero-order chi connectivity index (χ0) is 25.1. The summed E-state index contributed by atoms with van der Waals surface area (Å²) in [6.07, 6.45) is 0. The van der Waals surface area contributed by atoms with Crippen molar-refractivity contribution in [2.24, 2.45) is 4.99 Å². The zero-order valence-corrected chi connectivity index (χ0v) is 19.5. The largest absolute Gasteiger partial charge is 0.494 e. The van der Waals surface area contributed by atoms with Crippen LogP contribution in [-0.2, 0) is 11.3 Å². The molecule has 0 unspecified atom stereocenters. The predicted molar refractivity (Wildman–Crippen MR) is 134 cm³/mol. The van der Waals surface area contributed by atoms with Crippen LogP contribution in [0.25, 0.3) is 10.9 Å². The van der Waals surface area contributed by atoms with Gasteiger partial charge in [0.25, 0.3) is 5.69 Å². The van der Waals surface area contributed by atoms with Crippen LogP contribution in [0.15, 0.2) is 71.7 Å². The molecule has 3 aromatic carbocycles. The van der Waals surface area contributed by atoms with Crippen molar-refractivity contribution in [2.75, 3.05) is 21.2 Å². The predicted octanol–water partition coefficient (Wildman–Crippen LogP) is 4.80. The van der Waals surface area contributed by atoms with Crippen molar-refractivity contribution in [1.82, 2.24) is 9.88 Å². The van der Waals surface area contributed by atoms with Gasteiger partial charge < -0.3 is 19.7 Å². The number of nitro benzene ring substituents is 1. The standard InChI is InChI=1S/C26H24N4O5/c1-29(2)15-18-9-11-19(14-22(18)30(33)34)27-24(16-7-5-4-6-8-16)23-20-12-10-17(26(32)35-3)13-21(20)28-25(23)31/h4-14,28,31H,15H2,1-3H3. The fourth-order valence-corrected chi connectivity index (χ4v) is 3.92. The van der Waals surface area contributed by atoms with E-state index in [0.717, 1.165) is 0 Å². The summed E-state index contributed by atoms with van der Waals surface area (Å²) in [6.45, 7) is 0.414. The summed E-state index contributed by atoms with van der Waals surface area (Å²) in [7, 11) is 4.98. The summed E-state index contributed by atoms with van der Waals surface area (Å²) < 4.78 is 4.78. The number of aliphatic imine (C=N–C) groups is 1. The van der Waals surface area contributed by atoms with Gasteiger partial charge in [-0.2, -0.15) is 0 Å². The number of nitro groups is 1. The summed E-state index contributed by atoms with van der Waals surface area (Å²) in [5.41, 5.74) is 3.33. The third kappa shape index (κ3) is 4.90. The third-order valence-electron chi connectivity index (χ3n) is 5.48. The average molecular weight is 473 g/mol. The van der Waals surface area contributed by atoms with Crippen LogP contribution in [0.4, 0.5) is 11.4 Å². The van der Waals surface area contributed by atoms with Crippen molar-refractivity contribution in [1.29, 1.82) is 0 Å². The summed E-state index contributed by atoms with van der Waals surface area (Å²) in [6, 6.07) is 19.0. The molecule has 9 heteroatoms. The third-order valence-corrected chi connectivity index (χ3v) is 5.48. The van der Waals surface area contributed by atoms with Crippen LogP contribution in [-0.4, -0.2) is 52.8 Å². The molecule has 4 aromatic rings. The van der Waals surface area contributed by atoms with Crippen LogP contribution in [0.2, 0.25) is 0 Å². The van der Waals surface area contributed by atoms with E-state index in [2.05, 4.69) is 4.98 Å². The Morgan fingerprint density at radius 2 is 1.83 bits per heavy atom. The van der Waals surface area contributed by atoms with Gasteiger partial charge in [0.05, 0.1) is 34.6 Å². The lowest BCUT2D eigenvalue weighted by atomic mass is 10.00. The second kappa shape index (κ2) is 9.78. The lowest BCUT2D eigenvalue weighted by Gasteiger charge is -2.11. The number of methoxy groups -OCH3 is 1. The molecule has 178 valence electrons. The summed E-state index contributed by atoms with van der Waals surface area (Å²) in [5, 5.41) is 23.2. The van der Waals surface area contributed by atoms with E-state index in [1.54, 1.807) is 30.3 Å². The maximum absolute atomic E-state index is 11.9. The normalized spacial score (nSPS) is 11.7. The first-order valence-electron chi connectivity index (χ1n) is 10.8. The number of esters is 1. The number of hydrogen-bond acceptors (Lipinski definition) is 7. The van der Waals surface area contributed by atoms with E-state index in [9.17, 15) is 20.0 Å². The molecule has 0 aliphatic carbocycles. The molecule has 0 atom stereocenters. The molecule has 0 radical (unpaired) electrons. The molecule has 35 heavy (non-hydrogen) atoms. The number of aromatic hydroxyl groups is 1. The topological polar surface area (TPSA) is 121 Å². The Bertz CT molecular complexity index is 1440. The number of aromatic nitrogens is 1. The SMILES string of the molecule is COC(=O)c1ccc2c(C(=Nc3ccc(CN(C)C)c([N+](=O)[O-])c3)c3ccccc3)c(O)[nH]c2c1. The fourth-order valence-electron chi connectivity index (χ4n) is 3.92. The highest BCUT2D eigenvalue weighted by Crippen LogP contribution is 2.33. The quantitative estimate of drug-likeness (QED) is 0.172. The molecule has 0 spiro atoms. The van der Waals surface area contributed by atoms with E-state index >= 15 is 0 Å². The second-order valence-electron chi connectivity index (χ2n) is 8.23. The molecular weight excluding hydrogens is 448 g/mol. The number of nitrogens with zero attached hydrogens (tertiary/aromatic N) is 3. The Morgan fingerprint density at radius 1 is 1.09 bits per heavy atom. The zero-order valence-electron chi connectivity index (χ0n) is 19.5. The first-order valence-corrected chi connectivity index (χ1v) is 10.8. The number of carbonyl (C=O) groups excluding carboxylic acids is 1. The van der Waals surface area contributed by atoms with E-state index in [-0.39, 0.29) is 11.6 Å². The van der Waals surface area contributed by atoms with Gasteiger partial charge in [0.2, 0.25) is 0 Å². The van der Waals surface area contributed by atoms with Gasteiger partial charge in [-0.3, -0.25) is 10.1 Å². The Hall–Kier alpha value is -4.50. The van der Waals surface area contributed by atoms with Crippen molar-refractivity contribution in [3.05, 3.63) is 99.1 Å². The van der Waals surface area contributed by atoms with Crippen LogP contribution in [0.1, 0.15) is 27.0 Å². The molecular formula is C26H24N4O5. The van der Waals surface area contributed by atoms with E-state index < -0.39 is 10.9 Å². The minimum atomic E-state index is -0.496. The molecule has 0 aliphatic rings. The molecule has 0 bridgehead atoms. The Kier molecular flexibility index (Phi) is 6.61. The van der Waals surface area contributed by atoms with E-state index in [0.29, 0.717) is 51.1 Å². The first-order chi connectivity index (χ1) is 16.8. The molecule has 0 saturated carbocycles. The van der Waals surface area contributed by atoms with Crippen LogP contribution in [0, 0.1) is 10.1 Å².